The average Bonchev–Trinajstić information content (AvgIpc) is 3.16. The lowest BCUT2D eigenvalue weighted by Crippen LogP contribution is -2.49. The zero-order valence-corrected chi connectivity index (χ0v) is 22.3. The number of fused-ring (bicyclic) bond motifs is 3. The Balaban J connectivity index is 1.61. The summed E-state index contributed by atoms with van der Waals surface area (Å²) < 4.78 is 11.4. The van der Waals surface area contributed by atoms with Crippen molar-refractivity contribution in [1.29, 1.82) is 0 Å². The first-order chi connectivity index (χ1) is 18.1. The van der Waals surface area contributed by atoms with E-state index >= 15 is 0 Å². The highest BCUT2D eigenvalue weighted by atomic mass is 16.5. The van der Waals surface area contributed by atoms with Crippen molar-refractivity contribution >= 4 is 18.1 Å². The molecule has 1 amide bonds. The number of aromatic hydroxyl groups is 2. The summed E-state index contributed by atoms with van der Waals surface area (Å²) in [7, 11) is 0. The number of carbonyl (C=O) groups is 2. The van der Waals surface area contributed by atoms with Gasteiger partial charge in [0.25, 0.3) is 12.4 Å². The van der Waals surface area contributed by atoms with Gasteiger partial charge < -0.3 is 24.8 Å². The van der Waals surface area contributed by atoms with Crippen LogP contribution in [0.5, 0.6) is 23.0 Å². The Morgan fingerprint density at radius 2 is 1.92 bits per heavy atom. The Labute approximate surface area is 222 Å². The number of aliphatic hydroxyl groups excluding tert-OH is 1. The number of hydrogen-bond donors (Lipinski definition) is 3. The number of ether oxygens (including phenoxy) is 2. The highest BCUT2D eigenvalue weighted by Crippen LogP contribution is 2.49. The van der Waals surface area contributed by atoms with Crippen molar-refractivity contribution in [1.82, 2.24) is 0 Å². The third-order valence-electron chi connectivity index (χ3n) is 7.34. The first-order valence-corrected chi connectivity index (χ1v) is 12.8. The number of phenolic OH excluding ortho intramolecular Hbond substituents is 2. The summed E-state index contributed by atoms with van der Waals surface area (Å²) in [6.07, 6.45) is 6.92. The highest BCUT2D eigenvalue weighted by molar-refractivity contribution is 6.12. The summed E-state index contributed by atoms with van der Waals surface area (Å²) >= 11 is 0. The van der Waals surface area contributed by atoms with E-state index in [9.17, 15) is 24.9 Å². The van der Waals surface area contributed by atoms with Gasteiger partial charge in [-0.15, -0.1) is 0 Å². The number of allylic oxidation sites excluding steroid dienone is 4. The van der Waals surface area contributed by atoms with Gasteiger partial charge in [0.1, 0.15) is 28.5 Å². The molecule has 202 valence electrons. The Kier molecular flexibility index (Phi) is 7.83. The van der Waals surface area contributed by atoms with Crippen molar-refractivity contribution < 1.29 is 34.4 Å². The van der Waals surface area contributed by atoms with E-state index in [1.165, 1.54) is 40.3 Å². The second-order valence-electron chi connectivity index (χ2n) is 10.5. The van der Waals surface area contributed by atoms with Crippen LogP contribution in [0, 0.1) is 0 Å². The molecule has 2 atom stereocenters. The lowest BCUT2D eigenvalue weighted by Gasteiger charge is -2.40. The second kappa shape index (κ2) is 10.9. The number of hydrogen-bond acceptors (Lipinski definition) is 7. The molecule has 3 N–H and O–H groups in total. The first-order valence-electron chi connectivity index (χ1n) is 12.8. The summed E-state index contributed by atoms with van der Waals surface area (Å²) in [6.45, 7) is 8.38. The molecule has 0 bridgehead atoms. The monoisotopic (exact) mass is 521 g/mol. The van der Waals surface area contributed by atoms with Gasteiger partial charge in [0.2, 0.25) is 0 Å². The molecule has 0 saturated heterocycles. The average molecular weight is 522 g/mol. The molecule has 4 rings (SSSR count). The number of aliphatic hydroxyl groups is 1. The Bertz CT molecular complexity index is 1310. The molecule has 0 saturated carbocycles. The minimum atomic E-state index is -0.928. The molecule has 0 spiro atoms. The normalized spacial score (nSPS) is 20.4. The first kappa shape index (κ1) is 27.3. The zero-order chi connectivity index (χ0) is 27.6. The van der Waals surface area contributed by atoms with Crippen LogP contribution in [0.4, 0.5) is 5.69 Å². The van der Waals surface area contributed by atoms with Crippen molar-refractivity contribution in [2.75, 3.05) is 4.90 Å². The number of benzene rings is 2. The lowest BCUT2D eigenvalue weighted by molar-refractivity contribution is -0.120. The molecule has 0 aliphatic carbocycles. The van der Waals surface area contributed by atoms with Crippen LogP contribution in [0.15, 0.2) is 47.6 Å². The van der Waals surface area contributed by atoms with Gasteiger partial charge >= 0.3 is 0 Å². The molecule has 38 heavy (non-hydrogen) atoms. The molecule has 8 heteroatoms. The SMILES string of the molecule is CC(C)=CCCC(C)=CCCC1(C)Oc2c(c(O)cc3c2CN(c2c(O)cccc2OC=O)C3=O)CC1O. The van der Waals surface area contributed by atoms with Gasteiger partial charge in [-0.2, -0.15) is 0 Å². The highest BCUT2D eigenvalue weighted by Gasteiger charge is 2.44. The number of anilines is 1. The molecule has 2 aromatic carbocycles. The molecule has 0 aromatic heterocycles. The van der Waals surface area contributed by atoms with Crippen molar-refractivity contribution in [3.8, 4) is 23.0 Å². The molecule has 2 aliphatic heterocycles. The molecule has 0 fully saturated rings. The van der Waals surface area contributed by atoms with E-state index in [0.717, 1.165) is 12.8 Å². The van der Waals surface area contributed by atoms with Crippen LogP contribution in [0.3, 0.4) is 0 Å². The number of para-hydroxylation sites is 1. The fourth-order valence-electron chi connectivity index (χ4n) is 5.11. The Morgan fingerprint density at radius 1 is 1.16 bits per heavy atom. The van der Waals surface area contributed by atoms with Crippen LogP contribution >= 0.6 is 0 Å². The van der Waals surface area contributed by atoms with Crippen LogP contribution in [0.25, 0.3) is 0 Å². The van der Waals surface area contributed by atoms with Crippen LogP contribution < -0.4 is 14.4 Å². The third-order valence-corrected chi connectivity index (χ3v) is 7.34. The third kappa shape index (κ3) is 5.27. The summed E-state index contributed by atoms with van der Waals surface area (Å²) in [6, 6.07) is 5.75. The molecule has 0 radical (unpaired) electrons. The van der Waals surface area contributed by atoms with Gasteiger partial charge in [-0.05, 0) is 71.6 Å². The Hall–Kier alpha value is -3.78. The van der Waals surface area contributed by atoms with Crippen molar-refractivity contribution in [2.24, 2.45) is 0 Å². The number of nitrogens with zero attached hydrogens (tertiary/aromatic N) is 1. The summed E-state index contributed by atoms with van der Waals surface area (Å²) in [5.41, 5.74) is 2.92. The van der Waals surface area contributed by atoms with E-state index in [4.69, 9.17) is 9.47 Å². The van der Waals surface area contributed by atoms with E-state index in [1.54, 1.807) is 0 Å². The molecule has 2 unspecified atom stereocenters. The maximum Gasteiger partial charge on any atom is 0.298 e. The maximum absolute atomic E-state index is 13.4. The van der Waals surface area contributed by atoms with E-state index in [2.05, 4.69) is 32.9 Å². The quantitative estimate of drug-likeness (QED) is 0.302. The predicted octanol–water partition coefficient (Wildman–Crippen LogP) is 5.32. The minimum Gasteiger partial charge on any atom is -0.508 e. The summed E-state index contributed by atoms with van der Waals surface area (Å²) in [4.78, 5) is 25.7. The second-order valence-corrected chi connectivity index (χ2v) is 10.5. The van der Waals surface area contributed by atoms with E-state index < -0.39 is 17.6 Å². The molecular weight excluding hydrogens is 486 g/mol. The van der Waals surface area contributed by atoms with Crippen LogP contribution in [0.1, 0.15) is 74.9 Å². The van der Waals surface area contributed by atoms with Gasteiger partial charge in [0, 0.05) is 17.5 Å². The molecular formula is C30H35NO7. The van der Waals surface area contributed by atoms with Crippen molar-refractivity contribution in [3.05, 3.63) is 64.3 Å². The van der Waals surface area contributed by atoms with Gasteiger partial charge in [-0.25, -0.2) is 0 Å². The fourth-order valence-corrected chi connectivity index (χ4v) is 5.11. The number of phenols is 2. The summed E-state index contributed by atoms with van der Waals surface area (Å²) in [5.74, 6) is -0.418. The van der Waals surface area contributed by atoms with E-state index in [0.29, 0.717) is 29.7 Å². The molecule has 2 heterocycles. The predicted molar refractivity (Wildman–Crippen MR) is 144 cm³/mol. The van der Waals surface area contributed by atoms with Crippen LogP contribution in [0.2, 0.25) is 0 Å². The minimum absolute atomic E-state index is 0.0344. The Morgan fingerprint density at radius 3 is 2.63 bits per heavy atom. The molecule has 2 aliphatic rings. The fraction of sp³-hybridized carbons (Fsp3) is 0.400. The number of rotatable bonds is 9. The lowest BCUT2D eigenvalue weighted by atomic mass is 9.84. The number of carbonyl (C=O) groups excluding carboxylic acids is 2. The molecule has 8 nitrogen and oxygen atoms in total. The topological polar surface area (TPSA) is 117 Å². The van der Waals surface area contributed by atoms with Crippen molar-refractivity contribution in [2.45, 2.75) is 78.0 Å². The summed E-state index contributed by atoms with van der Waals surface area (Å²) in [5, 5.41) is 32.3. The van der Waals surface area contributed by atoms with Crippen molar-refractivity contribution in [3.63, 3.8) is 0 Å². The van der Waals surface area contributed by atoms with Gasteiger partial charge in [-0.1, -0.05) is 29.4 Å². The molecule has 2 aromatic rings. The standard InChI is InChI=1S/C30H35NO7/c1-18(2)8-5-9-19(3)10-7-13-30(4)26(35)15-21-24(34)14-20-22(28(21)38-30)16-31(29(20)36)27-23(33)11-6-12-25(27)37-17-32/h6,8,10-12,14,17,26,33-35H,5,7,9,13,15-16H2,1-4H3. The van der Waals surface area contributed by atoms with Gasteiger partial charge in [0.15, 0.2) is 5.75 Å². The van der Waals surface area contributed by atoms with Gasteiger partial charge in [-0.3, -0.25) is 14.5 Å². The maximum atomic E-state index is 13.4. The number of amides is 1. The van der Waals surface area contributed by atoms with E-state index in [-0.39, 0.29) is 47.9 Å². The largest absolute Gasteiger partial charge is 0.508 e. The van der Waals surface area contributed by atoms with E-state index in [1.807, 2.05) is 6.92 Å². The van der Waals surface area contributed by atoms with Gasteiger partial charge in [0.05, 0.1) is 18.2 Å². The smallest absolute Gasteiger partial charge is 0.298 e. The van der Waals surface area contributed by atoms with Crippen LogP contribution in [-0.4, -0.2) is 39.4 Å². The zero-order valence-electron chi connectivity index (χ0n) is 22.3. The van der Waals surface area contributed by atoms with Crippen LogP contribution in [-0.2, 0) is 17.8 Å².